The number of likely N-dealkylation sites (N-methyl/N-ethyl adjacent to an activating group) is 2. The molecule has 0 bridgehead atoms. The second-order valence-electron chi connectivity index (χ2n) is 22.9. The largest absolute Gasteiger partial charge is 0.442 e. The van der Waals surface area contributed by atoms with Gasteiger partial charge in [0.25, 0.3) is 0 Å². The number of Topliss-reactive ketones (excluding diaryl/α,β-unsaturated/α-hetero) is 3. The summed E-state index contributed by atoms with van der Waals surface area (Å²) in [6.07, 6.45) is 5.27. The van der Waals surface area contributed by atoms with Crippen molar-refractivity contribution in [2.24, 2.45) is 41.4 Å². The molecule has 2 aliphatic carbocycles. The number of nitrogens with one attached hydrogen (secondary N) is 2. The summed E-state index contributed by atoms with van der Waals surface area (Å²) in [7, 11) is 6.32. The molecule has 1 aromatic rings. The first-order valence-electron chi connectivity index (χ1n) is 28.7. The van der Waals surface area contributed by atoms with Gasteiger partial charge in [-0.25, -0.2) is 4.79 Å². The van der Waals surface area contributed by atoms with E-state index in [1.54, 1.807) is 56.0 Å². The number of rotatable bonds is 29. The first kappa shape index (κ1) is 65.5. The van der Waals surface area contributed by atoms with Gasteiger partial charge in [0, 0.05) is 66.1 Å². The number of ether oxygens (including phenoxy) is 4. The predicted octanol–water partition coefficient (Wildman–Crippen LogP) is 7.04. The summed E-state index contributed by atoms with van der Waals surface area (Å²) in [6.45, 7) is 17.5. The van der Waals surface area contributed by atoms with Crippen molar-refractivity contribution in [1.29, 1.82) is 0 Å². The molecule has 3 N–H and O–H groups in total. The van der Waals surface area contributed by atoms with E-state index >= 15 is 0 Å². The third kappa shape index (κ3) is 17.7. The van der Waals surface area contributed by atoms with Gasteiger partial charge in [0.15, 0.2) is 5.78 Å². The first-order chi connectivity index (χ1) is 37.0. The molecule has 1 saturated heterocycles. The number of ketones is 3. The zero-order valence-electron chi connectivity index (χ0n) is 49.1. The topological polar surface area (TPSA) is 227 Å². The minimum absolute atomic E-state index is 0.0288. The van der Waals surface area contributed by atoms with E-state index in [-0.39, 0.29) is 103 Å². The van der Waals surface area contributed by atoms with Crippen LogP contribution >= 0.6 is 0 Å². The molecule has 4 rings (SSSR count). The van der Waals surface area contributed by atoms with Gasteiger partial charge in [-0.3, -0.25) is 33.6 Å². The standard InChI is InChI=1S/C60H95N5O13/c1-14-38(7)54(50(75-12)34-52(69)65-31-21-28-47(65)57(76-13)39(8)58(72)62-40(9)55(70)42-22-17-16-18-23-42)63(10)59(73)46(36(3)4)33-49(67)53(37(5)6)64(11)60(74)78-44-26-19-24-43(25-20-27-44)77-35-51(68)61-30-29-45-48(66)32-41(15-2)56(45)71/h16-19,22-23,26,36-41,43-47,50,53-55,57,70H,14-15,20-21,24-25,27-35H2,1-13H3,(H,61,68)(H,62,72)/b26-19+/t38-,39?,40+,41?,43?,44?,45?,46?,47?,50?,53?,54?,55+,57?/m0/s1. The number of aliphatic hydroxyl groups excluding tert-OH is 1. The smallest absolute Gasteiger partial charge is 0.410 e. The van der Waals surface area contributed by atoms with Crippen molar-refractivity contribution in [1.82, 2.24) is 25.3 Å². The van der Waals surface area contributed by atoms with Gasteiger partial charge in [-0.15, -0.1) is 0 Å². The fourth-order valence-corrected chi connectivity index (χ4v) is 11.8. The van der Waals surface area contributed by atoms with Crippen molar-refractivity contribution in [2.75, 3.05) is 48.0 Å². The molecule has 14 atom stereocenters. The first-order valence-corrected chi connectivity index (χ1v) is 28.7. The van der Waals surface area contributed by atoms with Gasteiger partial charge in [0.1, 0.15) is 24.3 Å². The number of carbonyl (C=O) groups excluding carboxylic acids is 8. The van der Waals surface area contributed by atoms with E-state index in [4.69, 9.17) is 18.9 Å². The third-order valence-corrected chi connectivity index (χ3v) is 16.7. The van der Waals surface area contributed by atoms with Gasteiger partial charge < -0.3 is 49.4 Å². The predicted molar refractivity (Wildman–Crippen MR) is 297 cm³/mol. The van der Waals surface area contributed by atoms with E-state index < -0.39 is 72.4 Å². The van der Waals surface area contributed by atoms with E-state index in [0.29, 0.717) is 69.9 Å². The zero-order chi connectivity index (χ0) is 58.0. The maximum atomic E-state index is 14.8. The number of aliphatic hydroxyl groups is 1. The van der Waals surface area contributed by atoms with Crippen LogP contribution in [0.25, 0.3) is 0 Å². The summed E-state index contributed by atoms with van der Waals surface area (Å²) >= 11 is 0. The molecule has 1 saturated carbocycles. The highest BCUT2D eigenvalue weighted by molar-refractivity contribution is 6.10. The number of methoxy groups -OCH3 is 2. The molecule has 1 heterocycles. The van der Waals surface area contributed by atoms with Crippen molar-refractivity contribution in [3.05, 3.63) is 48.0 Å². The third-order valence-electron chi connectivity index (χ3n) is 16.7. The Bertz CT molecular complexity index is 2170. The lowest BCUT2D eigenvalue weighted by Crippen LogP contribution is -2.55. The Morgan fingerprint density at radius 2 is 1.55 bits per heavy atom. The van der Waals surface area contributed by atoms with Gasteiger partial charge in [0.2, 0.25) is 23.6 Å². The van der Waals surface area contributed by atoms with E-state index in [1.165, 1.54) is 19.1 Å². The molecule has 5 amide bonds. The highest BCUT2D eigenvalue weighted by Crippen LogP contribution is 2.33. The fraction of sp³-hybridized carbons (Fsp3) is 0.733. The monoisotopic (exact) mass is 1090 g/mol. The number of carbonyl (C=O) groups is 8. The van der Waals surface area contributed by atoms with E-state index in [9.17, 15) is 43.5 Å². The van der Waals surface area contributed by atoms with Crippen molar-refractivity contribution in [2.45, 2.75) is 194 Å². The second kappa shape index (κ2) is 31.7. The molecule has 1 aliphatic heterocycles. The number of amides is 5. The van der Waals surface area contributed by atoms with E-state index in [1.807, 2.05) is 72.7 Å². The van der Waals surface area contributed by atoms with Crippen LogP contribution in [0.4, 0.5) is 4.79 Å². The molecule has 3 aliphatic rings. The van der Waals surface area contributed by atoms with Crippen molar-refractivity contribution in [3.8, 4) is 0 Å². The second-order valence-corrected chi connectivity index (χ2v) is 22.9. The van der Waals surface area contributed by atoms with Crippen LogP contribution in [0.1, 0.15) is 151 Å². The molecule has 78 heavy (non-hydrogen) atoms. The van der Waals surface area contributed by atoms with Gasteiger partial charge >= 0.3 is 6.09 Å². The molecule has 0 radical (unpaired) electrons. The van der Waals surface area contributed by atoms with Crippen LogP contribution in [-0.4, -0.2) is 163 Å². The Morgan fingerprint density at radius 1 is 0.859 bits per heavy atom. The van der Waals surface area contributed by atoms with E-state index in [2.05, 4.69) is 10.6 Å². The Hall–Kier alpha value is -5.04. The van der Waals surface area contributed by atoms with Crippen LogP contribution in [0.3, 0.4) is 0 Å². The number of likely N-dealkylation sites (tertiary alicyclic amines) is 1. The summed E-state index contributed by atoms with van der Waals surface area (Å²) in [6, 6.07) is 6.72. The van der Waals surface area contributed by atoms with Crippen LogP contribution in [0.2, 0.25) is 0 Å². The number of hydrogen-bond donors (Lipinski definition) is 3. The molecule has 0 spiro atoms. The summed E-state index contributed by atoms with van der Waals surface area (Å²) in [5, 5.41) is 16.6. The average Bonchev–Trinajstić information content (AvgIpc) is 4.00. The minimum atomic E-state index is -0.914. The van der Waals surface area contributed by atoms with Gasteiger partial charge in [-0.05, 0) is 87.7 Å². The van der Waals surface area contributed by atoms with Gasteiger partial charge in [-0.1, -0.05) is 98.2 Å². The number of hydrogen-bond acceptors (Lipinski definition) is 13. The highest BCUT2D eigenvalue weighted by Gasteiger charge is 2.44. The molecule has 438 valence electrons. The van der Waals surface area contributed by atoms with Crippen LogP contribution in [0.15, 0.2) is 42.5 Å². The van der Waals surface area contributed by atoms with Gasteiger partial charge in [0.05, 0.1) is 66.8 Å². The molecular formula is C60H95N5O13. The summed E-state index contributed by atoms with van der Waals surface area (Å²) < 4.78 is 23.9. The summed E-state index contributed by atoms with van der Waals surface area (Å²) in [5.41, 5.74) is 0.686. The molecule has 2 fully saturated rings. The molecule has 18 nitrogen and oxygen atoms in total. The van der Waals surface area contributed by atoms with Crippen LogP contribution < -0.4 is 10.6 Å². The lowest BCUT2D eigenvalue weighted by molar-refractivity contribution is -0.149. The Labute approximate surface area is 464 Å². The lowest BCUT2D eigenvalue weighted by atomic mass is 9.83. The number of benzene rings is 1. The lowest BCUT2D eigenvalue weighted by Gasteiger charge is -2.41. The van der Waals surface area contributed by atoms with Crippen molar-refractivity contribution < 1.29 is 62.4 Å². The normalized spacial score (nSPS) is 23.7. The Kier molecular flexibility index (Phi) is 26.6. The molecule has 0 aromatic heterocycles. The van der Waals surface area contributed by atoms with Crippen LogP contribution in [-0.2, 0) is 52.5 Å². The molecule has 1 aromatic carbocycles. The van der Waals surface area contributed by atoms with Crippen LogP contribution in [0.5, 0.6) is 0 Å². The molecule has 18 heteroatoms. The maximum absolute atomic E-state index is 14.8. The van der Waals surface area contributed by atoms with Gasteiger partial charge in [-0.2, -0.15) is 0 Å². The molecule has 11 unspecified atom stereocenters. The Morgan fingerprint density at radius 3 is 2.15 bits per heavy atom. The Balaban J connectivity index is 1.35. The summed E-state index contributed by atoms with van der Waals surface area (Å²) in [5.74, 6) is -4.37. The fourth-order valence-electron chi connectivity index (χ4n) is 11.8. The van der Waals surface area contributed by atoms with Crippen LogP contribution in [0, 0.1) is 41.4 Å². The van der Waals surface area contributed by atoms with Crippen molar-refractivity contribution in [3.63, 3.8) is 0 Å². The highest BCUT2D eigenvalue weighted by atomic mass is 16.6. The van der Waals surface area contributed by atoms with Crippen molar-refractivity contribution >= 4 is 47.1 Å². The number of nitrogens with zero attached hydrogens (tertiary/aromatic N) is 3. The summed E-state index contributed by atoms with van der Waals surface area (Å²) in [4.78, 5) is 113. The SMILES string of the molecule is CCC1CC(=O)C(CCNC(=O)COC2C/C=C/C(OC(=O)N(C)C(C(=O)CC(C(=O)N(C)C(C(CC(=O)N3CCCC3C(OC)C(C)C(=O)N[C@H](C)[C@@H](O)c3ccccc3)OC)[C@@H](C)CC)C(C)C)C(C)C)CCC2)C1=O. The maximum Gasteiger partial charge on any atom is 0.410 e. The zero-order valence-corrected chi connectivity index (χ0v) is 49.1. The van der Waals surface area contributed by atoms with E-state index in [0.717, 1.165) is 0 Å². The average molecular weight is 1090 g/mol. The minimum Gasteiger partial charge on any atom is -0.442 e. The molecular weight excluding hydrogens is 999 g/mol. The quantitative estimate of drug-likeness (QED) is 0.0541.